The lowest BCUT2D eigenvalue weighted by molar-refractivity contribution is 0.304. The number of rotatable bonds is 3. The zero-order valence-electron chi connectivity index (χ0n) is 9.19. The molecule has 0 aliphatic carbocycles. The van der Waals surface area contributed by atoms with Crippen LogP contribution in [0.4, 0.5) is 5.82 Å². The average Bonchev–Trinajstić information content (AvgIpc) is 2.30. The number of aromatic nitrogens is 2. The molecule has 0 spiro atoms. The van der Waals surface area contributed by atoms with Gasteiger partial charge in [0.05, 0.1) is 33.9 Å². The Bertz CT molecular complexity index is 547. The number of fused-ring (bicyclic) bond motifs is 1. The fourth-order valence-electron chi connectivity index (χ4n) is 1.45. The van der Waals surface area contributed by atoms with Gasteiger partial charge in [-0.15, -0.1) is 0 Å². The number of aliphatic hydroxyl groups excluding tert-OH is 1. The number of benzene rings is 1. The Morgan fingerprint density at radius 1 is 1.24 bits per heavy atom. The minimum Gasteiger partial charge on any atom is -0.395 e. The predicted octanol–water partition coefficient (Wildman–Crippen LogP) is 2.37. The molecule has 0 amide bonds. The Kier molecular flexibility index (Phi) is 3.66. The van der Waals surface area contributed by atoms with Crippen molar-refractivity contribution in [3.05, 3.63) is 28.4 Å². The summed E-state index contributed by atoms with van der Waals surface area (Å²) >= 11 is 11.8. The number of nitrogens with zero attached hydrogens (tertiary/aromatic N) is 3. The van der Waals surface area contributed by atoms with Crippen molar-refractivity contribution >= 4 is 40.1 Å². The van der Waals surface area contributed by atoms with Crippen molar-refractivity contribution in [1.82, 2.24) is 9.97 Å². The molecule has 0 fully saturated rings. The molecule has 4 nitrogen and oxygen atoms in total. The molecule has 17 heavy (non-hydrogen) atoms. The van der Waals surface area contributed by atoms with Gasteiger partial charge in [-0.2, -0.15) is 0 Å². The van der Waals surface area contributed by atoms with Crippen molar-refractivity contribution < 1.29 is 5.11 Å². The summed E-state index contributed by atoms with van der Waals surface area (Å²) in [6.07, 6.45) is 1.64. The lowest BCUT2D eigenvalue weighted by Crippen LogP contribution is -2.22. The van der Waals surface area contributed by atoms with Crippen LogP contribution in [-0.2, 0) is 0 Å². The highest BCUT2D eigenvalue weighted by Crippen LogP contribution is 2.26. The molecule has 6 heteroatoms. The molecule has 1 heterocycles. The van der Waals surface area contributed by atoms with E-state index in [-0.39, 0.29) is 6.61 Å². The summed E-state index contributed by atoms with van der Waals surface area (Å²) in [4.78, 5) is 10.5. The summed E-state index contributed by atoms with van der Waals surface area (Å²) in [5, 5.41) is 9.78. The first kappa shape index (κ1) is 12.4. The minimum absolute atomic E-state index is 0.0671. The van der Waals surface area contributed by atoms with Gasteiger partial charge in [0.1, 0.15) is 5.82 Å². The second-order valence-electron chi connectivity index (χ2n) is 3.63. The third-order valence-electron chi connectivity index (χ3n) is 2.40. The molecule has 1 aromatic heterocycles. The maximum absolute atomic E-state index is 8.86. The number of likely N-dealkylation sites (N-methyl/N-ethyl adjacent to an activating group) is 1. The van der Waals surface area contributed by atoms with Crippen LogP contribution in [0.3, 0.4) is 0 Å². The molecular weight excluding hydrogens is 261 g/mol. The monoisotopic (exact) mass is 271 g/mol. The second kappa shape index (κ2) is 5.04. The van der Waals surface area contributed by atoms with Gasteiger partial charge >= 0.3 is 0 Å². The SMILES string of the molecule is CN(CCO)c1cnc2cc(Cl)c(Cl)cc2n1. The van der Waals surface area contributed by atoms with Crippen LogP contribution < -0.4 is 4.90 Å². The Hall–Kier alpha value is -1.10. The van der Waals surface area contributed by atoms with E-state index in [4.69, 9.17) is 28.3 Å². The molecule has 0 bridgehead atoms. The van der Waals surface area contributed by atoms with E-state index in [1.165, 1.54) is 0 Å². The minimum atomic E-state index is 0.0671. The van der Waals surface area contributed by atoms with E-state index in [0.717, 1.165) is 0 Å². The first-order chi connectivity index (χ1) is 8.11. The molecule has 2 rings (SSSR count). The lowest BCUT2D eigenvalue weighted by Gasteiger charge is -2.16. The molecule has 0 unspecified atom stereocenters. The number of hydrogen-bond acceptors (Lipinski definition) is 4. The maximum atomic E-state index is 8.86. The Balaban J connectivity index is 2.46. The fourth-order valence-corrected chi connectivity index (χ4v) is 1.76. The van der Waals surface area contributed by atoms with E-state index in [0.29, 0.717) is 33.4 Å². The van der Waals surface area contributed by atoms with Gasteiger partial charge in [-0.25, -0.2) is 4.98 Å². The molecule has 2 aromatic rings. The van der Waals surface area contributed by atoms with Gasteiger partial charge in [-0.05, 0) is 12.1 Å². The summed E-state index contributed by atoms with van der Waals surface area (Å²) in [6, 6.07) is 3.37. The van der Waals surface area contributed by atoms with Crippen LogP contribution in [-0.4, -0.2) is 35.3 Å². The Morgan fingerprint density at radius 2 is 1.88 bits per heavy atom. The molecule has 0 aliphatic heterocycles. The number of halogens is 2. The van der Waals surface area contributed by atoms with E-state index < -0.39 is 0 Å². The van der Waals surface area contributed by atoms with Crippen molar-refractivity contribution in [3.8, 4) is 0 Å². The molecule has 0 atom stereocenters. The van der Waals surface area contributed by atoms with Crippen LogP contribution in [0, 0.1) is 0 Å². The summed E-state index contributed by atoms with van der Waals surface area (Å²) in [5.41, 5.74) is 1.38. The number of anilines is 1. The van der Waals surface area contributed by atoms with Gasteiger partial charge in [0.2, 0.25) is 0 Å². The maximum Gasteiger partial charge on any atom is 0.147 e. The Morgan fingerprint density at radius 3 is 2.53 bits per heavy atom. The molecule has 0 aliphatic rings. The third-order valence-corrected chi connectivity index (χ3v) is 3.12. The largest absolute Gasteiger partial charge is 0.395 e. The first-order valence-electron chi connectivity index (χ1n) is 5.05. The fraction of sp³-hybridized carbons (Fsp3) is 0.273. The van der Waals surface area contributed by atoms with Crippen LogP contribution in [0.25, 0.3) is 11.0 Å². The van der Waals surface area contributed by atoms with Gasteiger partial charge in [0, 0.05) is 13.6 Å². The van der Waals surface area contributed by atoms with Crippen LogP contribution >= 0.6 is 23.2 Å². The van der Waals surface area contributed by atoms with E-state index in [9.17, 15) is 0 Å². The quantitative estimate of drug-likeness (QED) is 0.931. The molecule has 90 valence electrons. The molecule has 0 saturated heterocycles. The van der Waals surface area contributed by atoms with Gasteiger partial charge in [-0.1, -0.05) is 23.2 Å². The zero-order valence-corrected chi connectivity index (χ0v) is 10.7. The van der Waals surface area contributed by atoms with E-state index >= 15 is 0 Å². The van der Waals surface area contributed by atoms with Crippen molar-refractivity contribution in [2.75, 3.05) is 25.1 Å². The highest BCUT2D eigenvalue weighted by molar-refractivity contribution is 6.42. The van der Waals surface area contributed by atoms with Gasteiger partial charge < -0.3 is 10.0 Å². The molecule has 1 N–H and O–H groups in total. The van der Waals surface area contributed by atoms with Crippen LogP contribution in [0.2, 0.25) is 10.0 Å². The van der Waals surface area contributed by atoms with Crippen molar-refractivity contribution in [1.29, 1.82) is 0 Å². The van der Waals surface area contributed by atoms with Crippen molar-refractivity contribution in [3.63, 3.8) is 0 Å². The van der Waals surface area contributed by atoms with Crippen LogP contribution in [0.5, 0.6) is 0 Å². The van der Waals surface area contributed by atoms with E-state index in [1.807, 2.05) is 11.9 Å². The molecule has 1 aromatic carbocycles. The smallest absolute Gasteiger partial charge is 0.147 e. The topological polar surface area (TPSA) is 49.2 Å². The van der Waals surface area contributed by atoms with Gasteiger partial charge in [0.15, 0.2) is 0 Å². The summed E-state index contributed by atoms with van der Waals surface area (Å²) in [5.74, 6) is 0.685. The highest BCUT2D eigenvalue weighted by Gasteiger charge is 2.07. The van der Waals surface area contributed by atoms with Crippen molar-refractivity contribution in [2.24, 2.45) is 0 Å². The summed E-state index contributed by atoms with van der Waals surface area (Å²) in [7, 11) is 1.84. The summed E-state index contributed by atoms with van der Waals surface area (Å²) < 4.78 is 0. The normalized spacial score (nSPS) is 10.8. The first-order valence-corrected chi connectivity index (χ1v) is 5.81. The van der Waals surface area contributed by atoms with Crippen LogP contribution in [0.1, 0.15) is 0 Å². The molecule has 0 saturated carbocycles. The van der Waals surface area contributed by atoms with E-state index in [2.05, 4.69) is 9.97 Å². The Labute approximate surface area is 109 Å². The zero-order chi connectivity index (χ0) is 12.4. The van der Waals surface area contributed by atoms with Crippen molar-refractivity contribution in [2.45, 2.75) is 0 Å². The highest BCUT2D eigenvalue weighted by atomic mass is 35.5. The second-order valence-corrected chi connectivity index (χ2v) is 4.44. The number of aliphatic hydroxyl groups is 1. The molecule has 0 radical (unpaired) electrons. The predicted molar refractivity (Wildman–Crippen MR) is 69.9 cm³/mol. The third kappa shape index (κ3) is 2.60. The van der Waals surface area contributed by atoms with E-state index in [1.54, 1.807) is 18.3 Å². The number of hydrogen-bond donors (Lipinski definition) is 1. The lowest BCUT2D eigenvalue weighted by atomic mass is 10.3. The van der Waals surface area contributed by atoms with Crippen LogP contribution in [0.15, 0.2) is 18.3 Å². The van der Waals surface area contributed by atoms with Gasteiger partial charge in [0.25, 0.3) is 0 Å². The average molecular weight is 272 g/mol. The molecular formula is C11H11Cl2N3O. The standard InChI is InChI=1S/C11H11Cl2N3O/c1-16(2-3-17)11-6-14-9-4-7(12)8(13)5-10(9)15-11/h4-6,17H,2-3H2,1H3. The van der Waals surface area contributed by atoms with Gasteiger partial charge in [-0.3, -0.25) is 4.98 Å². The summed E-state index contributed by atoms with van der Waals surface area (Å²) in [6.45, 7) is 0.569.